The van der Waals surface area contributed by atoms with E-state index in [1.54, 1.807) is 12.1 Å². The van der Waals surface area contributed by atoms with Crippen molar-refractivity contribution < 1.29 is 4.74 Å². The van der Waals surface area contributed by atoms with Crippen LogP contribution in [0, 0.1) is 0 Å². The topological polar surface area (TPSA) is 21.3 Å². The van der Waals surface area contributed by atoms with Crippen LogP contribution in [0.2, 0.25) is 10.0 Å². The van der Waals surface area contributed by atoms with Crippen LogP contribution in [0.15, 0.2) is 42.5 Å². The van der Waals surface area contributed by atoms with Crippen molar-refractivity contribution in [3.8, 4) is 5.75 Å². The molecule has 17 heavy (non-hydrogen) atoms. The summed E-state index contributed by atoms with van der Waals surface area (Å²) in [6, 6.07) is 13.2. The minimum Gasteiger partial charge on any atom is -0.464 e. The largest absolute Gasteiger partial charge is 0.464 e. The molecular weight excluding hydrogens is 257 g/mol. The molecule has 0 saturated carbocycles. The Morgan fingerprint density at radius 3 is 2.35 bits per heavy atom. The average Bonchev–Trinajstić information content (AvgIpc) is 2.71. The Labute approximate surface area is 109 Å². The van der Waals surface area contributed by atoms with Gasteiger partial charge in [0, 0.05) is 0 Å². The maximum Gasteiger partial charge on any atom is 0.199 e. The van der Waals surface area contributed by atoms with Crippen molar-refractivity contribution in [2.75, 3.05) is 5.32 Å². The summed E-state index contributed by atoms with van der Waals surface area (Å²) in [6.45, 7) is 0. The predicted molar refractivity (Wildman–Crippen MR) is 69.9 cm³/mol. The van der Waals surface area contributed by atoms with Crippen molar-refractivity contribution in [2.45, 2.75) is 6.23 Å². The fourth-order valence-electron chi connectivity index (χ4n) is 1.88. The van der Waals surface area contributed by atoms with Gasteiger partial charge in [0.2, 0.25) is 0 Å². The normalized spacial score (nSPS) is 17.2. The van der Waals surface area contributed by atoms with E-state index >= 15 is 0 Å². The van der Waals surface area contributed by atoms with Crippen LogP contribution in [0.25, 0.3) is 0 Å². The van der Waals surface area contributed by atoms with Gasteiger partial charge in [-0.2, -0.15) is 0 Å². The van der Waals surface area contributed by atoms with Crippen LogP contribution in [-0.2, 0) is 0 Å². The highest BCUT2D eigenvalue weighted by Crippen LogP contribution is 2.41. The first-order valence-electron chi connectivity index (χ1n) is 5.22. The zero-order chi connectivity index (χ0) is 11.8. The van der Waals surface area contributed by atoms with Crippen LogP contribution in [0.3, 0.4) is 0 Å². The van der Waals surface area contributed by atoms with Crippen molar-refractivity contribution in [2.24, 2.45) is 0 Å². The summed E-state index contributed by atoms with van der Waals surface area (Å²) in [4.78, 5) is 0. The van der Waals surface area contributed by atoms with Crippen LogP contribution in [0.4, 0.5) is 5.69 Å². The van der Waals surface area contributed by atoms with Gasteiger partial charge in [-0.1, -0.05) is 41.4 Å². The zero-order valence-electron chi connectivity index (χ0n) is 8.78. The maximum atomic E-state index is 6.15. The molecule has 0 aromatic heterocycles. The monoisotopic (exact) mass is 265 g/mol. The highest BCUT2D eigenvalue weighted by atomic mass is 35.5. The second-order valence-electron chi connectivity index (χ2n) is 3.77. The first-order valence-corrected chi connectivity index (χ1v) is 5.97. The molecule has 0 amide bonds. The molecule has 0 fully saturated rings. The number of ether oxygens (including phenoxy) is 1. The first-order chi connectivity index (χ1) is 8.25. The van der Waals surface area contributed by atoms with Gasteiger partial charge in [0.05, 0.1) is 21.3 Å². The Morgan fingerprint density at radius 1 is 0.941 bits per heavy atom. The Hall–Kier alpha value is -1.38. The number of benzene rings is 2. The SMILES string of the molecule is Clc1cccc(Cl)c1C1Nc2ccccc2O1. The summed E-state index contributed by atoms with van der Waals surface area (Å²) in [5.41, 5.74) is 1.72. The summed E-state index contributed by atoms with van der Waals surface area (Å²) in [7, 11) is 0. The molecule has 0 spiro atoms. The van der Waals surface area contributed by atoms with Crippen LogP contribution < -0.4 is 10.1 Å². The fourth-order valence-corrected chi connectivity index (χ4v) is 2.47. The molecule has 0 bridgehead atoms. The molecule has 0 saturated heterocycles. The summed E-state index contributed by atoms with van der Waals surface area (Å²) < 4.78 is 5.77. The Balaban J connectivity index is 1.99. The molecule has 1 aliphatic rings. The van der Waals surface area contributed by atoms with E-state index in [1.165, 1.54) is 0 Å². The van der Waals surface area contributed by atoms with E-state index in [2.05, 4.69) is 5.32 Å². The molecule has 1 heterocycles. The number of fused-ring (bicyclic) bond motifs is 1. The van der Waals surface area contributed by atoms with Gasteiger partial charge in [-0.3, -0.25) is 0 Å². The van der Waals surface area contributed by atoms with Gasteiger partial charge in [0.15, 0.2) is 6.23 Å². The van der Waals surface area contributed by atoms with E-state index < -0.39 is 0 Å². The lowest BCUT2D eigenvalue weighted by Gasteiger charge is -2.14. The number of anilines is 1. The van der Waals surface area contributed by atoms with Gasteiger partial charge >= 0.3 is 0 Å². The van der Waals surface area contributed by atoms with Crippen molar-refractivity contribution in [3.63, 3.8) is 0 Å². The van der Waals surface area contributed by atoms with Crippen LogP contribution in [0.1, 0.15) is 11.8 Å². The molecule has 0 aliphatic carbocycles. The summed E-state index contributed by atoms with van der Waals surface area (Å²) in [5, 5.41) is 4.44. The van der Waals surface area contributed by atoms with Gasteiger partial charge < -0.3 is 10.1 Å². The Kier molecular flexibility index (Phi) is 2.61. The second-order valence-corrected chi connectivity index (χ2v) is 4.59. The molecule has 4 heteroatoms. The molecule has 1 atom stereocenters. The predicted octanol–water partition coefficient (Wildman–Crippen LogP) is 4.50. The fraction of sp³-hybridized carbons (Fsp3) is 0.0769. The third kappa shape index (κ3) is 1.84. The van der Waals surface area contributed by atoms with Gasteiger partial charge in [0.1, 0.15) is 5.75 Å². The van der Waals surface area contributed by atoms with E-state index in [1.807, 2.05) is 30.3 Å². The van der Waals surface area contributed by atoms with Crippen molar-refractivity contribution in [1.29, 1.82) is 0 Å². The summed E-state index contributed by atoms with van der Waals surface area (Å²) in [6.07, 6.45) is -0.325. The van der Waals surface area contributed by atoms with Gasteiger partial charge in [-0.05, 0) is 24.3 Å². The number of halogens is 2. The third-order valence-electron chi connectivity index (χ3n) is 2.68. The first kappa shape index (κ1) is 10.8. The van der Waals surface area contributed by atoms with Gasteiger partial charge in [-0.15, -0.1) is 0 Å². The summed E-state index contributed by atoms with van der Waals surface area (Å²) >= 11 is 12.3. The number of nitrogens with one attached hydrogen (secondary N) is 1. The van der Waals surface area contributed by atoms with E-state index in [0.717, 1.165) is 17.0 Å². The number of rotatable bonds is 1. The summed E-state index contributed by atoms with van der Waals surface area (Å²) in [5.74, 6) is 0.813. The van der Waals surface area contributed by atoms with E-state index in [4.69, 9.17) is 27.9 Å². The molecule has 1 unspecified atom stereocenters. The highest BCUT2D eigenvalue weighted by molar-refractivity contribution is 6.36. The second kappa shape index (κ2) is 4.13. The van der Waals surface area contributed by atoms with Gasteiger partial charge in [0.25, 0.3) is 0 Å². The van der Waals surface area contributed by atoms with E-state index in [9.17, 15) is 0 Å². The number of hydrogen-bond acceptors (Lipinski definition) is 2. The lowest BCUT2D eigenvalue weighted by Crippen LogP contribution is -2.11. The van der Waals surface area contributed by atoms with Crippen molar-refractivity contribution in [1.82, 2.24) is 0 Å². The lowest BCUT2D eigenvalue weighted by molar-refractivity contribution is 0.260. The lowest BCUT2D eigenvalue weighted by atomic mass is 10.2. The maximum absolute atomic E-state index is 6.15. The van der Waals surface area contributed by atoms with E-state index in [-0.39, 0.29) is 6.23 Å². The molecule has 0 radical (unpaired) electrons. The molecule has 2 aromatic carbocycles. The minimum absolute atomic E-state index is 0.325. The number of hydrogen-bond donors (Lipinski definition) is 1. The van der Waals surface area contributed by atoms with E-state index in [0.29, 0.717) is 10.0 Å². The molecule has 2 nitrogen and oxygen atoms in total. The number of para-hydroxylation sites is 2. The van der Waals surface area contributed by atoms with Gasteiger partial charge in [-0.25, -0.2) is 0 Å². The third-order valence-corrected chi connectivity index (χ3v) is 3.34. The van der Waals surface area contributed by atoms with Crippen molar-refractivity contribution >= 4 is 28.9 Å². The molecule has 1 N–H and O–H groups in total. The highest BCUT2D eigenvalue weighted by Gasteiger charge is 2.26. The quantitative estimate of drug-likeness (QED) is 0.820. The Bertz CT molecular complexity index is 526. The average molecular weight is 266 g/mol. The van der Waals surface area contributed by atoms with Crippen LogP contribution >= 0.6 is 23.2 Å². The molecule has 86 valence electrons. The standard InChI is InChI=1S/C13H9Cl2NO/c14-8-4-3-5-9(15)12(8)13-16-10-6-1-2-7-11(10)17-13/h1-7,13,16H. The zero-order valence-corrected chi connectivity index (χ0v) is 10.3. The van der Waals surface area contributed by atoms with Crippen LogP contribution in [-0.4, -0.2) is 0 Å². The minimum atomic E-state index is -0.325. The molecule has 3 rings (SSSR count). The Morgan fingerprint density at radius 2 is 1.65 bits per heavy atom. The van der Waals surface area contributed by atoms with Crippen molar-refractivity contribution in [3.05, 3.63) is 58.1 Å². The van der Waals surface area contributed by atoms with Crippen LogP contribution in [0.5, 0.6) is 5.75 Å². The molecule has 2 aromatic rings. The molecular formula is C13H9Cl2NO. The molecule has 1 aliphatic heterocycles. The smallest absolute Gasteiger partial charge is 0.199 e.